The van der Waals surface area contributed by atoms with Crippen LogP contribution >= 0.6 is 22.9 Å². The molecule has 0 aliphatic carbocycles. The zero-order chi connectivity index (χ0) is 16.0. The van der Waals surface area contributed by atoms with E-state index < -0.39 is 0 Å². The Bertz CT molecular complexity index is 996. The first-order valence-electron chi connectivity index (χ1n) is 7.44. The minimum absolute atomic E-state index is 0.753. The van der Waals surface area contributed by atoms with Crippen molar-refractivity contribution < 1.29 is 0 Å². The molecular weight excluding hydrogens is 324 g/mol. The fourth-order valence-corrected chi connectivity index (χ4v) is 3.83. The van der Waals surface area contributed by atoms with Crippen LogP contribution in [0.15, 0.2) is 54.6 Å². The zero-order valence-electron chi connectivity index (χ0n) is 12.9. The molecular formula is C19H15ClN2S. The van der Waals surface area contributed by atoms with E-state index in [1.54, 1.807) is 11.3 Å². The van der Waals surface area contributed by atoms with Crippen molar-refractivity contribution in [1.82, 2.24) is 9.55 Å². The van der Waals surface area contributed by atoms with Crippen LogP contribution in [0.3, 0.4) is 0 Å². The van der Waals surface area contributed by atoms with Crippen molar-refractivity contribution in [3.63, 3.8) is 0 Å². The minimum Gasteiger partial charge on any atom is -0.314 e. The Kier molecular flexibility index (Phi) is 3.47. The third-order valence-electron chi connectivity index (χ3n) is 3.95. The summed E-state index contributed by atoms with van der Waals surface area (Å²) in [5, 5.41) is 1.85. The molecule has 0 radical (unpaired) electrons. The average molecular weight is 339 g/mol. The largest absolute Gasteiger partial charge is 0.314 e. The predicted molar refractivity (Wildman–Crippen MR) is 98.9 cm³/mol. The molecule has 0 unspecified atom stereocenters. The normalized spacial score (nSPS) is 11.3. The molecule has 2 heterocycles. The lowest BCUT2D eigenvalue weighted by molar-refractivity contribution is 1.02. The smallest absolute Gasteiger partial charge is 0.0907 e. The van der Waals surface area contributed by atoms with Gasteiger partial charge in [0.05, 0.1) is 20.9 Å². The Balaban J connectivity index is 1.90. The van der Waals surface area contributed by atoms with E-state index in [2.05, 4.69) is 58.9 Å². The second-order valence-electron chi connectivity index (χ2n) is 5.59. The fourth-order valence-electron chi connectivity index (χ4n) is 2.90. The van der Waals surface area contributed by atoms with Crippen molar-refractivity contribution in [2.24, 2.45) is 0 Å². The van der Waals surface area contributed by atoms with Crippen LogP contribution in [0.1, 0.15) is 10.7 Å². The number of hydrogen-bond acceptors (Lipinski definition) is 2. The van der Waals surface area contributed by atoms with E-state index in [9.17, 15) is 0 Å². The van der Waals surface area contributed by atoms with Crippen LogP contribution in [-0.4, -0.2) is 9.55 Å². The molecule has 0 N–H and O–H groups in total. The molecule has 0 spiro atoms. The van der Waals surface area contributed by atoms with E-state index >= 15 is 0 Å². The van der Waals surface area contributed by atoms with E-state index in [-0.39, 0.29) is 0 Å². The van der Waals surface area contributed by atoms with Gasteiger partial charge in [0.25, 0.3) is 0 Å². The van der Waals surface area contributed by atoms with Gasteiger partial charge in [0.15, 0.2) is 0 Å². The van der Waals surface area contributed by atoms with Crippen LogP contribution in [-0.2, 0) is 0 Å². The number of halogens is 1. The predicted octanol–water partition coefficient (Wildman–Crippen LogP) is 6.02. The summed E-state index contributed by atoms with van der Waals surface area (Å²) in [6, 6.07) is 18.7. The molecule has 4 heteroatoms. The summed E-state index contributed by atoms with van der Waals surface area (Å²) in [4.78, 5) is 4.62. The van der Waals surface area contributed by atoms with Crippen LogP contribution in [0.2, 0.25) is 5.02 Å². The molecule has 23 heavy (non-hydrogen) atoms. The third-order valence-corrected chi connectivity index (χ3v) is 5.16. The highest BCUT2D eigenvalue weighted by molar-refractivity contribution is 7.18. The van der Waals surface area contributed by atoms with Crippen molar-refractivity contribution in [2.75, 3.05) is 0 Å². The van der Waals surface area contributed by atoms with Gasteiger partial charge in [0.1, 0.15) is 0 Å². The highest BCUT2D eigenvalue weighted by atomic mass is 35.5. The van der Waals surface area contributed by atoms with Crippen molar-refractivity contribution >= 4 is 33.2 Å². The summed E-state index contributed by atoms with van der Waals surface area (Å²) in [6.45, 7) is 4.17. The van der Waals surface area contributed by atoms with Gasteiger partial charge in [0, 0.05) is 16.4 Å². The number of hydrogen-bond donors (Lipinski definition) is 0. The quantitative estimate of drug-likeness (QED) is 0.436. The molecule has 2 aromatic carbocycles. The van der Waals surface area contributed by atoms with E-state index in [0.29, 0.717) is 0 Å². The average Bonchev–Trinajstić information content (AvgIpc) is 3.09. The van der Waals surface area contributed by atoms with Gasteiger partial charge in [-0.25, -0.2) is 4.98 Å². The van der Waals surface area contributed by atoms with Crippen molar-refractivity contribution in [2.45, 2.75) is 13.8 Å². The first-order chi connectivity index (χ1) is 11.1. The summed E-state index contributed by atoms with van der Waals surface area (Å²) in [5.41, 5.74) is 5.69. The molecule has 0 atom stereocenters. The second kappa shape index (κ2) is 5.52. The lowest BCUT2D eigenvalue weighted by Gasteiger charge is -2.12. The number of benzene rings is 2. The van der Waals surface area contributed by atoms with Gasteiger partial charge in [-0.2, -0.15) is 0 Å². The number of fused-ring (bicyclic) bond motifs is 1. The van der Waals surface area contributed by atoms with Gasteiger partial charge in [-0.3, -0.25) is 0 Å². The standard InChI is InChI=1S/C19H15ClN2S/c1-12-3-9-18(14-4-6-15(20)7-5-14)22(12)16-8-10-19-17(11-16)21-13(2)23-19/h3-11H,1-2H3. The van der Waals surface area contributed by atoms with Gasteiger partial charge < -0.3 is 4.57 Å². The third kappa shape index (κ3) is 2.56. The molecule has 0 aliphatic heterocycles. The Morgan fingerprint density at radius 3 is 2.52 bits per heavy atom. The van der Waals surface area contributed by atoms with Crippen LogP contribution in [0.4, 0.5) is 0 Å². The van der Waals surface area contributed by atoms with Gasteiger partial charge in [0.2, 0.25) is 0 Å². The molecule has 0 bridgehead atoms. The summed E-state index contributed by atoms with van der Waals surface area (Å²) in [6.07, 6.45) is 0. The van der Waals surface area contributed by atoms with Crippen LogP contribution < -0.4 is 0 Å². The monoisotopic (exact) mass is 338 g/mol. The Morgan fingerprint density at radius 2 is 1.74 bits per heavy atom. The summed E-state index contributed by atoms with van der Waals surface area (Å²) in [7, 11) is 0. The number of aryl methyl sites for hydroxylation is 2. The maximum atomic E-state index is 6.01. The first kappa shape index (κ1) is 14.5. The van der Waals surface area contributed by atoms with Crippen molar-refractivity contribution in [3.05, 3.63) is 70.3 Å². The van der Waals surface area contributed by atoms with E-state index in [1.165, 1.54) is 10.4 Å². The Labute approximate surface area is 144 Å². The molecule has 0 amide bonds. The minimum atomic E-state index is 0.753. The van der Waals surface area contributed by atoms with E-state index in [1.807, 2.05) is 19.1 Å². The fraction of sp³-hybridized carbons (Fsp3) is 0.105. The first-order valence-corrected chi connectivity index (χ1v) is 8.63. The van der Waals surface area contributed by atoms with Crippen molar-refractivity contribution in [3.8, 4) is 16.9 Å². The van der Waals surface area contributed by atoms with Gasteiger partial charge in [-0.1, -0.05) is 23.7 Å². The molecule has 2 nitrogen and oxygen atoms in total. The summed E-state index contributed by atoms with van der Waals surface area (Å²) < 4.78 is 3.49. The Hall–Kier alpha value is -2.10. The Morgan fingerprint density at radius 1 is 0.957 bits per heavy atom. The molecule has 4 aromatic rings. The molecule has 0 aliphatic rings. The number of thiazole rings is 1. The van der Waals surface area contributed by atoms with E-state index in [0.717, 1.165) is 32.5 Å². The molecule has 4 rings (SSSR count). The molecule has 2 aromatic heterocycles. The van der Waals surface area contributed by atoms with Gasteiger partial charge in [-0.15, -0.1) is 11.3 Å². The molecule has 0 saturated heterocycles. The lowest BCUT2D eigenvalue weighted by Crippen LogP contribution is -1.98. The number of nitrogens with zero attached hydrogens (tertiary/aromatic N) is 2. The maximum Gasteiger partial charge on any atom is 0.0907 e. The number of aromatic nitrogens is 2. The topological polar surface area (TPSA) is 17.8 Å². The highest BCUT2D eigenvalue weighted by Gasteiger charge is 2.11. The second-order valence-corrected chi connectivity index (χ2v) is 7.26. The van der Waals surface area contributed by atoms with Crippen LogP contribution in [0.25, 0.3) is 27.2 Å². The van der Waals surface area contributed by atoms with Gasteiger partial charge in [-0.05, 0) is 61.9 Å². The molecule has 114 valence electrons. The SMILES string of the molecule is Cc1nc2cc(-n3c(C)ccc3-c3ccc(Cl)cc3)ccc2s1. The van der Waals surface area contributed by atoms with Crippen LogP contribution in [0, 0.1) is 13.8 Å². The van der Waals surface area contributed by atoms with E-state index in [4.69, 9.17) is 11.6 Å². The van der Waals surface area contributed by atoms with Crippen LogP contribution in [0.5, 0.6) is 0 Å². The van der Waals surface area contributed by atoms with Crippen molar-refractivity contribution in [1.29, 1.82) is 0 Å². The molecule has 0 saturated carbocycles. The number of rotatable bonds is 2. The summed E-state index contributed by atoms with van der Waals surface area (Å²) in [5.74, 6) is 0. The zero-order valence-corrected chi connectivity index (χ0v) is 14.4. The van der Waals surface area contributed by atoms with Gasteiger partial charge >= 0.3 is 0 Å². The summed E-state index contributed by atoms with van der Waals surface area (Å²) >= 11 is 7.74. The maximum absolute atomic E-state index is 6.01. The molecule has 0 fully saturated rings. The highest BCUT2D eigenvalue weighted by Crippen LogP contribution is 2.30. The lowest BCUT2D eigenvalue weighted by atomic mass is 10.1.